The zero-order chi connectivity index (χ0) is 15.0. The fourth-order valence-corrected chi connectivity index (χ4v) is 3.48. The minimum atomic E-state index is -0.936. The standard InChI is InChI=1S/C16H17BrN2O2/c1-2-10-7-8-13-11(9-10)15(16(20)21)18-19(13)14-6-4-3-5-12(14)17/h3-6,10H,2,7-9H2,1H3,(H,20,21). The van der Waals surface area contributed by atoms with Crippen LogP contribution in [0.3, 0.4) is 0 Å². The number of nitrogens with zero attached hydrogens (tertiary/aromatic N) is 2. The number of benzene rings is 1. The highest BCUT2D eigenvalue weighted by Gasteiger charge is 2.29. The second-order valence-electron chi connectivity index (χ2n) is 5.46. The van der Waals surface area contributed by atoms with Gasteiger partial charge in [0, 0.05) is 15.7 Å². The van der Waals surface area contributed by atoms with Gasteiger partial charge < -0.3 is 5.11 Å². The van der Waals surface area contributed by atoms with Gasteiger partial charge in [0.2, 0.25) is 0 Å². The summed E-state index contributed by atoms with van der Waals surface area (Å²) in [7, 11) is 0. The molecule has 0 radical (unpaired) electrons. The van der Waals surface area contributed by atoms with E-state index < -0.39 is 5.97 Å². The molecule has 1 aromatic carbocycles. The van der Waals surface area contributed by atoms with Crippen molar-refractivity contribution < 1.29 is 9.90 Å². The minimum Gasteiger partial charge on any atom is -0.476 e. The molecule has 1 unspecified atom stereocenters. The van der Waals surface area contributed by atoms with Gasteiger partial charge in [0.25, 0.3) is 0 Å². The molecule has 0 aliphatic heterocycles. The summed E-state index contributed by atoms with van der Waals surface area (Å²) in [5, 5.41) is 13.8. The van der Waals surface area contributed by atoms with E-state index in [1.807, 2.05) is 24.3 Å². The number of fused-ring (bicyclic) bond motifs is 1. The maximum atomic E-state index is 11.5. The molecule has 1 aromatic heterocycles. The number of carbonyl (C=O) groups is 1. The van der Waals surface area contributed by atoms with Crippen LogP contribution in [0.15, 0.2) is 28.7 Å². The molecule has 110 valence electrons. The Labute approximate surface area is 131 Å². The van der Waals surface area contributed by atoms with E-state index in [9.17, 15) is 9.90 Å². The van der Waals surface area contributed by atoms with Gasteiger partial charge in [0.1, 0.15) is 0 Å². The first-order chi connectivity index (χ1) is 10.1. The highest BCUT2D eigenvalue weighted by molar-refractivity contribution is 9.10. The molecule has 3 rings (SSSR count). The van der Waals surface area contributed by atoms with E-state index in [0.717, 1.165) is 47.1 Å². The number of para-hydroxylation sites is 1. The van der Waals surface area contributed by atoms with Gasteiger partial charge in [-0.05, 0) is 53.2 Å². The molecule has 1 heterocycles. The van der Waals surface area contributed by atoms with Gasteiger partial charge >= 0.3 is 5.97 Å². The summed E-state index contributed by atoms with van der Waals surface area (Å²) in [4.78, 5) is 11.5. The fourth-order valence-electron chi connectivity index (χ4n) is 3.03. The molecule has 0 amide bonds. The summed E-state index contributed by atoms with van der Waals surface area (Å²) < 4.78 is 2.72. The van der Waals surface area contributed by atoms with Gasteiger partial charge in [-0.1, -0.05) is 25.5 Å². The monoisotopic (exact) mass is 348 g/mol. The molecule has 0 spiro atoms. The van der Waals surface area contributed by atoms with Crippen LogP contribution in [0.5, 0.6) is 0 Å². The number of carboxylic acids is 1. The van der Waals surface area contributed by atoms with Gasteiger partial charge in [-0.2, -0.15) is 5.10 Å². The summed E-state index contributed by atoms with van der Waals surface area (Å²) in [6.45, 7) is 2.16. The highest BCUT2D eigenvalue weighted by atomic mass is 79.9. The molecule has 2 aromatic rings. The smallest absolute Gasteiger partial charge is 0.356 e. The molecule has 1 aliphatic rings. The number of aromatic nitrogens is 2. The van der Waals surface area contributed by atoms with Crippen LogP contribution in [0, 0.1) is 5.92 Å². The third-order valence-corrected chi connectivity index (χ3v) is 4.90. The summed E-state index contributed by atoms with van der Waals surface area (Å²) in [5.41, 5.74) is 3.07. The third kappa shape index (κ3) is 2.50. The minimum absolute atomic E-state index is 0.207. The zero-order valence-corrected chi connectivity index (χ0v) is 13.4. The van der Waals surface area contributed by atoms with Crippen molar-refractivity contribution >= 4 is 21.9 Å². The van der Waals surface area contributed by atoms with Crippen LogP contribution in [0.2, 0.25) is 0 Å². The van der Waals surface area contributed by atoms with E-state index >= 15 is 0 Å². The molecular formula is C16H17BrN2O2. The van der Waals surface area contributed by atoms with Crippen molar-refractivity contribution in [2.45, 2.75) is 32.6 Å². The van der Waals surface area contributed by atoms with Crippen molar-refractivity contribution in [2.24, 2.45) is 5.92 Å². The molecule has 1 N–H and O–H groups in total. The molecule has 4 nitrogen and oxygen atoms in total. The maximum absolute atomic E-state index is 11.5. The second kappa shape index (κ2) is 5.64. The Kier molecular flexibility index (Phi) is 3.85. The van der Waals surface area contributed by atoms with Crippen LogP contribution in [0.25, 0.3) is 5.69 Å². The Morgan fingerprint density at radius 2 is 2.24 bits per heavy atom. The van der Waals surface area contributed by atoms with Crippen molar-refractivity contribution in [3.63, 3.8) is 0 Å². The van der Waals surface area contributed by atoms with Crippen LogP contribution in [0.1, 0.15) is 41.5 Å². The number of halogens is 1. The zero-order valence-electron chi connectivity index (χ0n) is 11.8. The SMILES string of the molecule is CCC1CCc2c(c(C(=O)O)nn2-c2ccccc2Br)C1. The van der Waals surface area contributed by atoms with E-state index in [-0.39, 0.29) is 5.69 Å². The van der Waals surface area contributed by atoms with E-state index in [1.54, 1.807) is 4.68 Å². The van der Waals surface area contributed by atoms with E-state index in [2.05, 4.69) is 28.0 Å². The topological polar surface area (TPSA) is 55.1 Å². The van der Waals surface area contributed by atoms with Crippen molar-refractivity contribution in [3.8, 4) is 5.69 Å². The van der Waals surface area contributed by atoms with Crippen molar-refractivity contribution in [3.05, 3.63) is 45.7 Å². The average Bonchev–Trinajstić information content (AvgIpc) is 2.86. The summed E-state index contributed by atoms with van der Waals surface area (Å²) >= 11 is 3.52. The fraction of sp³-hybridized carbons (Fsp3) is 0.375. The first-order valence-corrected chi connectivity index (χ1v) is 8.00. The number of rotatable bonds is 3. The molecule has 21 heavy (non-hydrogen) atoms. The van der Waals surface area contributed by atoms with Crippen molar-refractivity contribution in [1.82, 2.24) is 9.78 Å². The number of carboxylic acid groups (broad SMARTS) is 1. The highest BCUT2D eigenvalue weighted by Crippen LogP contribution is 2.33. The first-order valence-electron chi connectivity index (χ1n) is 7.20. The van der Waals surface area contributed by atoms with Crippen molar-refractivity contribution in [2.75, 3.05) is 0 Å². The normalized spacial score (nSPS) is 17.5. The molecule has 0 fully saturated rings. The Hall–Kier alpha value is -1.62. The lowest BCUT2D eigenvalue weighted by Crippen LogP contribution is -2.16. The molecule has 1 aliphatic carbocycles. The summed E-state index contributed by atoms with van der Waals surface area (Å²) in [6.07, 6.45) is 3.88. The van der Waals surface area contributed by atoms with Gasteiger partial charge in [-0.25, -0.2) is 9.48 Å². The lowest BCUT2D eigenvalue weighted by molar-refractivity contribution is 0.0688. The molecule has 0 bridgehead atoms. The van der Waals surface area contributed by atoms with Crippen LogP contribution < -0.4 is 0 Å². The van der Waals surface area contributed by atoms with E-state index in [0.29, 0.717) is 5.92 Å². The summed E-state index contributed by atoms with van der Waals surface area (Å²) in [6, 6.07) is 7.78. The number of aromatic carboxylic acids is 1. The molecule has 5 heteroatoms. The lowest BCUT2D eigenvalue weighted by atomic mass is 9.85. The Balaban J connectivity index is 2.16. The molecular weight excluding hydrogens is 332 g/mol. The second-order valence-corrected chi connectivity index (χ2v) is 6.31. The maximum Gasteiger partial charge on any atom is 0.356 e. The Morgan fingerprint density at radius 3 is 2.90 bits per heavy atom. The van der Waals surface area contributed by atoms with Gasteiger partial charge in [-0.3, -0.25) is 0 Å². The molecule has 0 saturated heterocycles. The van der Waals surface area contributed by atoms with Gasteiger partial charge in [-0.15, -0.1) is 0 Å². The van der Waals surface area contributed by atoms with Gasteiger partial charge in [0.05, 0.1) is 5.69 Å². The largest absolute Gasteiger partial charge is 0.476 e. The Morgan fingerprint density at radius 1 is 1.48 bits per heavy atom. The predicted molar refractivity (Wildman–Crippen MR) is 84.0 cm³/mol. The molecule has 1 atom stereocenters. The van der Waals surface area contributed by atoms with Crippen LogP contribution in [-0.2, 0) is 12.8 Å². The third-order valence-electron chi connectivity index (χ3n) is 4.23. The Bertz CT molecular complexity index is 694. The van der Waals surface area contributed by atoms with Gasteiger partial charge in [0.15, 0.2) is 5.69 Å². The average molecular weight is 349 g/mol. The first kappa shape index (κ1) is 14.3. The lowest BCUT2D eigenvalue weighted by Gasteiger charge is -2.22. The van der Waals surface area contributed by atoms with E-state index in [1.165, 1.54) is 0 Å². The van der Waals surface area contributed by atoms with Crippen LogP contribution in [0.4, 0.5) is 0 Å². The summed E-state index contributed by atoms with van der Waals surface area (Å²) in [5.74, 6) is -0.374. The van der Waals surface area contributed by atoms with Crippen LogP contribution >= 0.6 is 15.9 Å². The number of hydrogen-bond acceptors (Lipinski definition) is 2. The van der Waals surface area contributed by atoms with Crippen molar-refractivity contribution in [1.29, 1.82) is 0 Å². The molecule has 0 saturated carbocycles. The van der Waals surface area contributed by atoms with Crippen LogP contribution in [-0.4, -0.2) is 20.9 Å². The quantitative estimate of drug-likeness (QED) is 0.916. The predicted octanol–water partition coefficient (Wildman–Crippen LogP) is 3.85. The van der Waals surface area contributed by atoms with E-state index in [4.69, 9.17) is 0 Å². The number of hydrogen-bond donors (Lipinski definition) is 1.